The van der Waals surface area contributed by atoms with Crippen LogP contribution in [0.4, 0.5) is 11.6 Å². The molecule has 0 bridgehead atoms. The van der Waals surface area contributed by atoms with Gasteiger partial charge in [-0.15, -0.1) is 0 Å². The van der Waals surface area contributed by atoms with Gasteiger partial charge in [0.2, 0.25) is 0 Å². The maximum Gasteiger partial charge on any atom is 0.169 e. The van der Waals surface area contributed by atoms with Crippen molar-refractivity contribution in [2.75, 3.05) is 24.6 Å². The molecule has 0 fully saturated rings. The van der Waals surface area contributed by atoms with Gasteiger partial charge < -0.3 is 15.5 Å². The molecule has 0 aliphatic carbocycles. The van der Waals surface area contributed by atoms with Crippen LogP contribution in [0.5, 0.6) is 0 Å². The lowest BCUT2D eigenvalue weighted by molar-refractivity contribution is 0.380. The van der Waals surface area contributed by atoms with Crippen LogP contribution in [0.25, 0.3) is 5.65 Å². The number of hydrogen-bond acceptors (Lipinski definition) is 7. The van der Waals surface area contributed by atoms with E-state index in [9.17, 15) is 0 Å². The summed E-state index contributed by atoms with van der Waals surface area (Å²) < 4.78 is 1.99. The Bertz CT molecular complexity index is 931. The summed E-state index contributed by atoms with van der Waals surface area (Å²) in [6.45, 7) is 2.86. The van der Waals surface area contributed by atoms with Gasteiger partial charge in [0.15, 0.2) is 11.6 Å². The summed E-state index contributed by atoms with van der Waals surface area (Å²) in [7, 11) is 1.94. The topological polar surface area (TPSA) is 96.7 Å². The Hall–Kier alpha value is -3.16. The minimum absolute atomic E-state index is 0.0265. The van der Waals surface area contributed by atoms with E-state index in [0.29, 0.717) is 11.6 Å². The highest BCUT2D eigenvalue weighted by Gasteiger charge is 2.20. The van der Waals surface area contributed by atoms with Crippen molar-refractivity contribution in [3.8, 4) is 0 Å². The molecule has 1 unspecified atom stereocenters. The predicted octanol–water partition coefficient (Wildman–Crippen LogP) is 1.89. The van der Waals surface area contributed by atoms with Crippen LogP contribution in [0, 0.1) is 0 Å². The molecule has 0 amide bonds. The maximum atomic E-state index is 6.02. The Morgan fingerprint density at radius 1 is 1.32 bits per heavy atom. The smallest absolute Gasteiger partial charge is 0.169 e. The molecule has 3 N–H and O–H groups in total. The molecule has 0 radical (unpaired) electrons. The van der Waals surface area contributed by atoms with Crippen molar-refractivity contribution in [3.05, 3.63) is 48.2 Å². The molecule has 8 nitrogen and oxygen atoms in total. The molecule has 0 spiro atoms. The summed E-state index contributed by atoms with van der Waals surface area (Å²) >= 11 is 0. The van der Waals surface area contributed by atoms with Gasteiger partial charge in [0, 0.05) is 38.4 Å². The number of nitrogens with two attached hydrogens (primary N) is 1. The summed E-state index contributed by atoms with van der Waals surface area (Å²) in [6.07, 6.45) is 9.37. The van der Waals surface area contributed by atoms with Gasteiger partial charge in [-0.1, -0.05) is 6.07 Å². The van der Waals surface area contributed by atoms with Crippen molar-refractivity contribution < 1.29 is 0 Å². The Kier molecular flexibility index (Phi) is 3.72. The highest BCUT2D eigenvalue weighted by Crippen LogP contribution is 2.24. The number of aromatic nitrogens is 4. The number of hydrazone groups is 1. The second kappa shape index (κ2) is 6.04. The molecule has 0 saturated carbocycles. The van der Waals surface area contributed by atoms with Gasteiger partial charge in [-0.2, -0.15) is 5.10 Å². The van der Waals surface area contributed by atoms with E-state index < -0.39 is 0 Å². The molecule has 3 aromatic heterocycles. The lowest BCUT2D eigenvalue weighted by Crippen LogP contribution is -2.16. The van der Waals surface area contributed by atoms with Crippen molar-refractivity contribution in [2.45, 2.75) is 18.9 Å². The van der Waals surface area contributed by atoms with E-state index in [2.05, 4.69) is 32.3 Å². The van der Waals surface area contributed by atoms with Crippen molar-refractivity contribution in [1.29, 1.82) is 0 Å². The predicted molar refractivity (Wildman–Crippen MR) is 97.5 cm³/mol. The Labute approximate surface area is 145 Å². The van der Waals surface area contributed by atoms with Crippen LogP contribution in [-0.4, -0.2) is 44.2 Å². The third-order valence-corrected chi connectivity index (χ3v) is 4.37. The van der Waals surface area contributed by atoms with Crippen molar-refractivity contribution in [2.24, 2.45) is 5.10 Å². The number of pyridine rings is 1. The molecule has 0 saturated heterocycles. The minimum atomic E-state index is 0.0265. The standard InChI is InChI=1S/C17H20N8/c1-11(12-3-4-15-19-5-6-25(15)10-12)22-17-16(18)20-8-14(23-17)13-7-21-24(2)9-13/h3-8,10-11,13H,9H2,1-2H3,(H2,18,20)(H,22,23)/t11-,13?/m0/s1. The zero-order chi connectivity index (χ0) is 17.4. The molecule has 1 aliphatic heterocycles. The monoisotopic (exact) mass is 336 g/mol. The van der Waals surface area contributed by atoms with Gasteiger partial charge in [-0.25, -0.2) is 15.0 Å². The SMILES string of the molecule is C[C@H](Nc1nc(C2C=NN(C)C2)cnc1N)c1ccc2nccn2c1. The Balaban J connectivity index is 1.57. The van der Waals surface area contributed by atoms with Gasteiger partial charge in [0.1, 0.15) is 5.65 Å². The van der Waals surface area contributed by atoms with E-state index in [1.165, 1.54) is 0 Å². The molecule has 4 heterocycles. The molecule has 4 rings (SSSR count). The molecule has 0 aromatic carbocycles. The molecule has 8 heteroatoms. The summed E-state index contributed by atoms with van der Waals surface area (Å²) in [5, 5.41) is 9.51. The zero-order valence-corrected chi connectivity index (χ0v) is 14.2. The van der Waals surface area contributed by atoms with Crippen LogP contribution in [0.2, 0.25) is 0 Å². The van der Waals surface area contributed by atoms with Gasteiger partial charge in [-0.05, 0) is 18.6 Å². The second-order valence-corrected chi connectivity index (χ2v) is 6.26. The van der Waals surface area contributed by atoms with E-state index in [-0.39, 0.29) is 12.0 Å². The second-order valence-electron chi connectivity index (χ2n) is 6.26. The number of anilines is 2. The van der Waals surface area contributed by atoms with Crippen LogP contribution >= 0.6 is 0 Å². The first-order valence-corrected chi connectivity index (χ1v) is 8.17. The maximum absolute atomic E-state index is 6.02. The highest BCUT2D eigenvalue weighted by atomic mass is 15.4. The number of rotatable bonds is 4. The van der Waals surface area contributed by atoms with E-state index in [1.54, 1.807) is 12.4 Å². The number of fused-ring (bicyclic) bond motifs is 1. The highest BCUT2D eigenvalue weighted by molar-refractivity contribution is 5.69. The minimum Gasteiger partial charge on any atom is -0.381 e. The van der Waals surface area contributed by atoms with E-state index in [0.717, 1.165) is 23.4 Å². The van der Waals surface area contributed by atoms with Crippen molar-refractivity contribution in [3.63, 3.8) is 0 Å². The summed E-state index contributed by atoms with van der Waals surface area (Å²) in [5.41, 5.74) is 8.91. The summed E-state index contributed by atoms with van der Waals surface area (Å²) in [6, 6.07) is 4.06. The van der Waals surface area contributed by atoms with Crippen LogP contribution in [-0.2, 0) is 0 Å². The largest absolute Gasteiger partial charge is 0.381 e. The Morgan fingerprint density at radius 2 is 2.20 bits per heavy atom. The quantitative estimate of drug-likeness (QED) is 0.755. The molecular weight excluding hydrogens is 316 g/mol. The number of likely N-dealkylation sites (N-methyl/N-ethyl adjacent to an activating group) is 1. The zero-order valence-electron chi connectivity index (χ0n) is 14.2. The average Bonchev–Trinajstić information content (AvgIpc) is 3.24. The van der Waals surface area contributed by atoms with Gasteiger partial charge in [0.25, 0.3) is 0 Å². The van der Waals surface area contributed by atoms with Crippen molar-refractivity contribution >= 4 is 23.5 Å². The number of nitrogens with zero attached hydrogens (tertiary/aromatic N) is 6. The van der Waals surface area contributed by atoms with E-state index in [4.69, 9.17) is 5.73 Å². The number of nitrogens with one attached hydrogen (secondary N) is 1. The third-order valence-electron chi connectivity index (χ3n) is 4.37. The third kappa shape index (κ3) is 2.98. The lowest BCUT2D eigenvalue weighted by Gasteiger charge is -2.18. The fourth-order valence-electron chi connectivity index (χ4n) is 2.92. The first-order chi connectivity index (χ1) is 12.1. The fraction of sp³-hybridized carbons (Fsp3) is 0.294. The fourth-order valence-corrected chi connectivity index (χ4v) is 2.92. The number of hydrogen-bond donors (Lipinski definition) is 2. The molecule has 25 heavy (non-hydrogen) atoms. The van der Waals surface area contributed by atoms with Crippen LogP contribution in [0.3, 0.4) is 0 Å². The molecule has 2 atom stereocenters. The van der Waals surface area contributed by atoms with Crippen LogP contribution in [0.15, 0.2) is 42.0 Å². The number of nitrogen functional groups attached to an aromatic ring is 1. The molecule has 128 valence electrons. The van der Waals surface area contributed by atoms with Gasteiger partial charge in [0.05, 0.1) is 23.9 Å². The van der Waals surface area contributed by atoms with Crippen LogP contribution in [0.1, 0.15) is 30.1 Å². The lowest BCUT2D eigenvalue weighted by atomic mass is 10.1. The van der Waals surface area contributed by atoms with Crippen molar-refractivity contribution in [1.82, 2.24) is 24.4 Å². The average molecular weight is 336 g/mol. The molecule has 1 aliphatic rings. The van der Waals surface area contributed by atoms with E-state index in [1.807, 2.05) is 47.2 Å². The summed E-state index contributed by atoms with van der Waals surface area (Å²) in [5.74, 6) is 1.12. The first kappa shape index (κ1) is 15.4. The van der Waals surface area contributed by atoms with E-state index >= 15 is 0 Å². The molecular formula is C17H20N8. The molecule has 3 aromatic rings. The van der Waals surface area contributed by atoms with Gasteiger partial charge >= 0.3 is 0 Å². The summed E-state index contributed by atoms with van der Waals surface area (Å²) in [4.78, 5) is 13.2. The first-order valence-electron chi connectivity index (χ1n) is 8.17. The Morgan fingerprint density at radius 3 is 3.00 bits per heavy atom. The van der Waals surface area contributed by atoms with Crippen LogP contribution < -0.4 is 11.1 Å². The van der Waals surface area contributed by atoms with Gasteiger partial charge in [-0.3, -0.25) is 5.01 Å². The normalized spacial score (nSPS) is 18.0. The number of imidazole rings is 1.